The number of amides is 1. The largest absolute Gasteiger partial charge is 0.352 e. The lowest BCUT2D eigenvalue weighted by Crippen LogP contribution is -2.35. The van der Waals surface area contributed by atoms with Crippen molar-refractivity contribution < 1.29 is 13.6 Å². The summed E-state index contributed by atoms with van der Waals surface area (Å²) in [4.78, 5) is 12.9. The van der Waals surface area contributed by atoms with E-state index in [-0.39, 0.29) is 24.8 Å². The van der Waals surface area contributed by atoms with Crippen LogP contribution in [0.4, 0.5) is 8.78 Å². The van der Waals surface area contributed by atoms with Crippen LogP contribution in [0, 0.1) is 5.82 Å². The van der Waals surface area contributed by atoms with Crippen molar-refractivity contribution in [1.82, 2.24) is 10.2 Å². The first-order chi connectivity index (χ1) is 8.13. The van der Waals surface area contributed by atoms with E-state index in [2.05, 4.69) is 5.32 Å². The lowest BCUT2D eigenvalue weighted by atomic mass is 10.2. The second-order valence-electron chi connectivity index (χ2n) is 3.80. The number of alkyl halides is 1. The van der Waals surface area contributed by atoms with Gasteiger partial charge in [0.05, 0.1) is 6.54 Å². The maximum Gasteiger partial charge on any atom is 0.234 e. The predicted molar refractivity (Wildman–Crippen MR) is 61.7 cm³/mol. The number of hydrogen-bond acceptors (Lipinski definition) is 2. The first kappa shape index (κ1) is 13.6. The summed E-state index contributed by atoms with van der Waals surface area (Å²) in [5.74, 6) is -0.551. The van der Waals surface area contributed by atoms with E-state index in [0.29, 0.717) is 12.1 Å². The van der Waals surface area contributed by atoms with Crippen molar-refractivity contribution in [2.24, 2.45) is 0 Å². The van der Waals surface area contributed by atoms with Crippen LogP contribution in [0.1, 0.15) is 5.56 Å². The van der Waals surface area contributed by atoms with Crippen LogP contribution in [-0.2, 0) is 11.3 Å². The second-order valence-corrected chi connectivity index (χ2v) is 3.80. The summed E-state index contributed by atoms with van der Waals surface area (Å²) in [5, 5.41) is 2.41. The van der Waals surface area contributed by atoms with Gasteiger partial charge in [0, 0.05) is 18.7 Å². The monoisotopic (exact) mass is 242 g/mol. The van der Waals surface area contributed by atoms with Crippen LogP contribution in [0.15, 0.2) is 24.3 Å². The Morgan fingerprint density at radius 2 is 2.12 bits per heavy atom. The van der Waals surface area contributed by atoms with Gasteiger partial charge < -0.3 is 5.32 Å². The zero-order valence-electron chi connectivity index (χ0n) is 9.75. The molecule has 3 nitrogen and oxygen atoms in total. The minimum absolute atomic E-state index is 0.0202. The average molecular weight is 242 g/mol. The summed E-state index contributed by atoms with van der Waals surface area (Å²) in [6, 6.07) is 6.42. The molecule has 0 fully saturated rings. The van der Waals surface area contributed by atoms with Crippen LogP contribution in [0.2, 0.25) is 0 Å². The molecule has 0 saturated heterocycles. The van der Waals surface area contributed by atoms with E-state index < -0.39 is 6.67 Å². The fourth-order valence-electron chi connectivity index (χ4n) is 1.46. The van der Waals surface area contributed by atoms with E-state index in [1.54, 1.807) is 30.1 Å². The Bertz CT molecular complexity index is 371. The molecule has 0 unspecified atom stereocenters. The van der Waals surface area contributed by atoms with Gasteiger partial charge in [0.2, 0.25) is 5.91 Å². The van der Waals surface area contributed by atoms with Crippen molar-refractivity contribution in [1.29, 1.82) is 0 Å². The van der Waals surface area contributed by atoms with E-state index in [0.717, 1.165) is 0 Å². The molecule has 0 atom stereocenters. The smallest absolute Gasteiger partial charge is 0.234 e. The molecule has 0 aliphatic rings. The molecule has 1 aromatic carbocycles. The number of benzene rings is 1. The summed E-state index contributed by atoms with van der Waals surface area (Å²) >= 11 is 0. The van der Waals surface area contributed by atoms with Gasteiger partial charge in [0.15, 0.2) is 0 Å². The lowest BCUT2D eigenvalue weighted by Gasteiger charge is -2.16. The van der Waals surface area contributed by atoms with Crippen LogP contribution in [0.3, 0.4) is 0 Å². The van der Waals surface area contributed by atoms with Crippen LogP contribution < -0.4 is 5.32 Å². The zero-order chi connectivity index (χ0) is 12.7. The van der Waals surface area contributed by atoms with Crippen molar-refractivity contribution in [3.05, 3.63) is 35.6 Å². The Balaban J connectivity index is 2.42. The third-order valence-corrected chi connectivity index (χ3v) is 2.23. The van der Waals surface area contributed by atoms with E-state index >= 15 is 0 Å². The molecule has 0 saturated carbocycles. The first-order valence-electron chi connectivity index (χ1n) is 5.38. The van der Waals surface area contributed by atoms with Crippen molar-refractivity contribution in [2.45, 2.75) is 6.54 Å². The van der Waals surface area contributed by atoms with Crippen molar-refractivity contribution in [3.8, 4) is 0 Å². The minimum atomic E-state index is -0.581. The highest BCUT2D eigenvalue weighted by Gasteiger charge is 2.08. The Hall–Kier alpha value is -1.49. The first-order valence-corrected chi connectivity index (χ1v) is 5.38. The molecule has 0 aromatic heterocycles. The van der Waals surface area contributed by atoms with Crippen LogP contribution in [0.25, 0.3) is 0 Å². The Labute approximate surface area is 99.4 Å². The normalized spacial score (nSPS) is 10.6. The third-order valence-electron chi connectivity index (χ3n) is 2.23. The summed E-state index contributed by atoms with van der Waals surface area (Å²) in [6.45, 7) is -0.0980. The summed E-state index contributed by atoms with van der Waals surface area (Å²) in [6.07, 6.45) is 0. The molecule has 17 heavy (non-hydrogen) atoms. The molecule has 0 spiro atoms. The number of carbonyl (C=O) groups excluding carboxylic acids is 1. The third kappa shape index (κ3) is 4.91. The standard InChI is InChI=1S/C12H16F2N2O/c1-16(9-12(17)15-7-6-13)8-10-4-2-3-5-11(10)14/h2-5H,6-9H2,1H3,(H,15,17). The Morgan fingerprint density at radius 1 is 1.41 bits per heavy atom. The van der Waals surface area contributed by atoms with E-state index in [1.165, 1.54) is 6.07 Å². The number of nitrogens with one attached hydrogen (secondary N) is 1. The number of likely N-dealkylation sites (N-methyl/N-ethyl adjacent to an activating group) is 1. The average Bonchev–Trinajstić information content (AvgIpc) is 2.29. The van der Waals surface area contributed by atoms with Gasteiger partial charge in [-0.1, -0.05) is 18.2 Å². The highest BCUT2D eigenvalue weighted by molar-refractivity contribution is 5.77. The van der Waals surface area contributed by atoms with Crippen molar-refractivity contribution in [2.75, 3.05) is 26.8 Å². The molecule has 0 bridgehead atoms. The van der Waals surface area contributed by atoms with Crippen LogP contribution >= 0.6 is 0 Å². The van der Waals surface area contributed by atoms with Gasteiger partial charge in [-0.2, -0.15) is 0 Å². The molecule has 0 radical (unpaired) electrons. The van der Waals surface area contributed by atoms with Crippen molar-refractivity contribution >= 4 is 5.91 Å². The van der Waals surface area contributed by atoms with Gasteiger partial charge in [0.1, 0.15) is 12.5 Å². The van der Waals surface area contributed by atoms with Crippen LogP contribution in [-0.4, -0.2) is 37.6 Å². The number of halogens is 2. The molecule has 5 heteroatoms. The summed E-state index contributed by atoms with van der Waals surface area (Å²) < 4.78 is 25.1. The maximum atomic E-state index is 13.3. The number of rotatable bonds is 6. The Kier molecular flexibility index (Phi) is 5.56. The molecule has 0 heterocycles. The van der Waals surface area contributed by atoms with Crippen LogP contribution in [0.5, 0.6) is 0 Å². The second kappa shape index (κ2) is 6.96. The predicted octanol–water partition coefficient (Wildman–Crippen LogP) is 1.34. The number of carbonyl (C=O) groups is 1. The molecular formula is C12H16F2N2O. The van der Waals surface area contributed by atoms with E-state index in [4.69, 9.17) is 0 Å². The van der Waals surface area contributed by atoms with Gasteiger partial charge in [0.25, 0.3) is 0 Å². The van der Waals surface area contributed by atoms with Gasteiger partial charge >= 0.3 is 0 Å². The quantitative estimate of drug-likeness (QED) is 0.816. The fourth-order valence-corrected chi connectivity index (χ4v) is 1.46. The molecule has 1 aromatic rings. The molecule has 1 rings (SSSR count). The van der Waals surface area contributed by atoms with Gasteiger partial charge in [-0.05, 0) is 13.1 Å². The highest BCUT2D eigenvalue weighted by Crippen LogP contribution is 2.08. The van der Waals surface area contributed by atoms with Crippen molar-refractivity contribution in [3.63, 3.8) is 0 Å². The summed E-state index contributed by atoms with van der Waals surface area (Å²) in [7, 11) is 1.71. The van der Waals surface area contributed by atoms with E-state index in [1.807, 2.05) is 0 Å². The SMILES string of the molecule is CN(CC(=O)NCCF)Cc1ccccc1F. The minimum Gasteiger partial charge on any atom is -0.352 e. The number of nitrogens with zero attached hydrogens (tertiary/aromatic N) is 1. The fraction of sp³-hybridized carbons (Fsp3) is 0.417. The van der Waals surface area contributed by atoms with Gasteiger partial charge in [-0.25, -0.2) is 8.78 Å². The molecule has 1 N–H and O–H groups in total. The molecule has 94 valence electrons. The Morgan fingerprint density at radius 3 is 2.76 bits per heavy atom. The van der Waals surface area contributed by atoms with Gasteiger partial charge in [-0.15, -0.1) is 0 Å². The maximum absolute atomic E-state index is 13.3. The topological polar surface area (TPSA) is 32.3 Å². The summed E-state index contributed by atoms with van der Waals surface area (Å²) in [5.41, 5.74) is 0.535. The molecule has 0 aliphatic heterocycles. The molecule has 1 amide bonds. The van der Waals surface area contributed by atoms with E-state index in [9.17, 15) is 13.6 Å². The highest BCUT2D eigenvalue weighted by atomic mass is 19.1. The number of hydrogen-bond donors (Lipinski definition) is 1. The molecule has 0 aliphatic carbocycles. The lowest BCUT2D eigenvalue weighted by molar-refractivity contribution is -0.122. The zero-order valence-corrected chi connectivity index (χ0v) is 9.75. The van der Waals surface area contributed by atoms with Gasteiger partial charge in [-0.3, -0.25) is 9.69 Å². The molecular weight excluding hydrogens is 226 g/mol.